The zero-order valence-corrected chi connectivity index (χ0v) is 18.3. The summed E-state index contributed by atoms with van der Waals surface area (Å²) in [6, 6.07) is 14.7. The fourth-order valence-corrected chi connectivity index (χ4v) is 5.13. The third-order valence-corrected chi connectivity index (χ3v) is 6.81. The highest BCUT2D eigenvalue weighted by molar-refractivity contribution is 6.11. The van der Waals surface area contributed by atoms with Crippen molar-refractivity contribution in [3.63, 3.8) is 0 Å². The van der Waals surface area contributed by atoms with Crippen LogP contribution in [0.25, 0.3) is 0 Å². The van der Waals surface area contributed by atoms with E-state index in [-0.39, 0.29) is 17.7 Å². The molecular formula is C25H25N3O4. The standard InChI is InChI=1S/C25H25N3O4/c1-24(2)17-8-4-6-10-19(17)27(3)21(24)14-16(29)15-28-22(30)25(26-23(28)31)12-13-32-20-11-7-5-9-18(20)25/h4-11,14H,12-13,15H2,1-3H3,(H,26,31)/b21-14+. The largest absolute Gasteiger partial charge is 0.493 e. The first-order chi connectivity index (χ1) is 15.3. The number of hydrogen-bond acceptors (Lipinski definition) is 5. The predicted molar refractivity (Wildman–Crippen MR) is 119 cm³/mol. The van der Waals surface area contributed by atoms with E-state index in [0.717, 1.165) is 21.8 Å². The number of imide groups is 1. The average Bonchev–Trinajstić information content (AvgIpc) is 3.12. The normalized spacial score (nSPS) is 24.4. The SMILES string of the molecule is CN1/C(=C/C(=O)CN2C(=O)NC3(CCOc4ccccc43)C2=O)C(C)(C)c2ccccc21. The van der Waals surface area contributed by atoms with Gasteiger partial charge in [0.1, 0.15) is 5.75 Å². The Bertz CT molecular complexity index is 1190. The van der Waals surface area contributed by atoms with E-state index in [9.17, 15) is 14.4 Å². The van der Waals surface area contributed by atoms with Crippen LogP contribution in [0, 0.1) is 0 Å². The monoisotopic (exact) mass is 431 g/mol. The van der Waals surface area contributed by atoms with Crippen LogP contribution in [0.2, 0.25) is 0 Å². The summed E-state index contributed by atoms with van der Waals surface area (Å²) in [5, 5.41) is 2.84. The van der Waals surface area contributed by atoms with Crippen molar-refractivity contribution in [2.75, 3.05) is 25.1 Å². The molecule has 1 saturated heterocycles. The number of ketones is 1. The smallest absolute Gasteiger partial charge is 0.325 e. The van der Waals surface area contributed by atoms with Gasteiger partial charge in [0.2, 0.25) is 0 Å². The van der Waals surface area contributed by atoms with Crippen molar-refractivity contribution in [1.29, 1.82) is 0 Å². The molecule has 1 spiro atoms. The second kappa shape index (κ2) is 6.95. The second-order valence-corrected chi connectivity index (χ2v) is 9.02. The van der Waals surface area contributed by atoms with Gasteiger partial charge in [0.15, 0.2) is 11.3 Å². The van der Waals surface area contributed by atoms with Crippen LogP contribution in [0.4, 0.5) is 10.5 Å². The maximum Gasteiger partial charge on any atom is 0.325 e. The molecule has 2 aromatic carbocycles. The van der Waals surface area contributed by atoms with Crippen LogP contribution in [0.5, 0.6) is 5.75 Å². The van der Waals surface area contributed by atoms with E-state index in [2.05, 4.69) is 25.2 Å². The minimum atomic E-state index is -1.18. The lowest BCUT2D eigenvalue weighted by Gasteiger charge is -2.33. The summed E-state index contributed by atoms with van der Waals surface area (Å²) in [4.78, 5) is 42.2. The van der Waals surface area contributed by atoms with Gasteiger partial charge < -0.3 is 15.0 Å². The van der Waals surface area contributed by atoms with Crippen LogP contribution in [0.15, 0.2) is 60.3 Å². The minimum absolute atomic E-state index is 0.298. The first kappa shape index (κ1) is 20.3. The molecule has 0 aliphatic carbocycles. The van der Waals surface area contributed by atoms with Gasteiger partial charge in [0, 0.05) is 41.9 Å². The third-order valence-electron chi connectivity index (χ3n) is 6.81. The number of amides is 3. The molecule has 3 amide bonds. The molecule has 0 radical (unpaired) electrons. The Morgan fingerprint density at radius 1 is 1.09 bits per heavy atom. The molecule has 1 unspecified atom stereocenters. The molecule has 3 heterocycles. The van der Waals surface area contributed by atoms with Gasteiger partial charge in [0.25, 0.3) is 5.91 Å². The van der Waals surface area contributed by atoms with Crippen molar-refractivity contribution in [3.8, 4) is 5.75 Å². The van der Waals surface area contributed by atoms with Gasteiger partial charge in [0.05, 0.1) is 13.2 Å². The molecule has 32 heavy (non-hydrogen) atoms. The second-order valence-electron chi connectivity index (χ2n) is 9.02. The number of benzene rings is 2. The highest BCUT2D eigenvalue weighted by Gasteiger charge is 2.55. The van der Waals surface area contributed by atoms with Gasteiger partial charge in [-0.1, -0.05) is 50.2 Å². The number of ether oxygens (including phenoxy) is 1. The zero-order chi connectivity index (χ0) is 22.7. The summed E-state index contributed by atoms with van der Waals surface area (Å²) in [5.41, 5.74) is 2.10. The molecule has 1 fully saturated rings. The first-order valence-electron chi connectivity index (χ1n) is 10.7. The Morgan fingerprint density at radius 2 is 1.78 bits per heavy atom. The number of hydrogen-bond donors (Lipinski definition) is 1. The maximum atomic E-state index is 13.4. The van der Waals surface area contributed by atoms with E-state index in [1.54, 1.807) is 18.2 Å². The first-order valence-corrected chi connectivity index (χ1v) is 10.7. The van der Waals surface area contributed by atoms with Gasteiger partial charge in [-0.25, -0.2) is 4.79 Å². The molecule has 7 nitrogen and oxygen atoms in total. The number of carbonyl (C=O) groups excluding carboxylic acids is 3. The van der Waals surface area contributed by atoms with E-state index < -0.39 is 17.5 Å². The van der Waals surface area contributed by atoms with Crippen molar-refractivity contribution < 1.29 is 19.1 Å². The van der Waals surface area contributed by atoms with Crippen molar-refractivity contribution in [3.05, 3.63) is 71.4 Å². The van der Waals surface area contributed by atoms with Crippen LogP contribution in [0.3, 0.4) is 0 Å². The number of nitrogens with one attached hydrogen (secondary N) is 1. The maximum absolute atomic E-state index is 13.4. The average molecular weight is 431 g/mol. The van der Waals surface area contributed by atoms with Gasteiger partial charge in [-0.2, -0.15) is 0 Å². The molecule has 1 N–H and O–H groups in total. The van der Waals surface area contributed by atoms with Crippen LogP contribution in [0.1, 0.15) is 31.4 Å². The molecule has 2 aromatic rings. The summed E-state index contributed by atoms with van der Waals surface area (Å²) < 4.78 is 5.66. The van der Waals surface area contributed by atoms with Gasteiger partial charge in [-0.05, 0) is 17.7 Å². The minimum Gasteiger partial charge on any atom is -0.493 e. The van der Waals surface area contributed by atoms with Gasteiger partial charge in [-0.15, -0.1) is 0 Å². The Hall–Kier alpha value is -3.61. The van der Waals surface area contributed by atoms with Crippen LogP contribution in [-0.2, 0) is 20.5 Å². The molecule has 164 valence electrons. The third kappa shape index (κ3) is 2.77. The fraction of sp³-hybridized carbons (Fsp3) is 0.320. The zero-order valence-electron chi connectivity index (χ0n) is 18.3. The Labute approximate surface area is 186 Å². The molecular weight excluding hydrogens is 406 g/mol. The summed E-state index contributed by atoms with van der Waals surface area (Å²) >= 11 is 0. The van der Waals surface area contributed by atoms with E-state index in [1.807, 2.05) is 42.3 Å². The number of likely N-dealkylation sites (N-methyl/N-ethyl adjacent to an activating group) is 1. The Morgan fingerprint density at radius 3 is 2.53 bits per heavy atom. The topological polar surface area (TPSA) is 79.0 Å². The number of rotatable bonds is 3. The molecule has 0 aromatic heterocycles. The molecule has 3 aliphatic heterocycles. The van der Waals surface area contributed by atoms with Crippen molar-refractivity contribution in [1.82, 2.24) is 10.2 Å². The van der Waals surface area contributed by atoms with E-state index in [1.165, 1.54) is 0 Å². The summed E-state index contributed by atoms with van der Waals surface area (Å²) in [6.45, 7) is 4.14. The Kier molecular flexibility index (Phi) is 4.41. The van der Waals surface area contributed by atoms with E-state index in [4.69, 9.17) is 4.74 Å². The number of fused-ring (bicyclic) bond motifs is 3. The quantitative estimate of drug-likeness (QED) is 0.597. The lowest BCUT2D eigenvalue weighted by molar-refractivity contribution is -0.134. The fourth-order valence-electron chi connectivity index (χ4n) is 5.13. The molecule has 1 atom stereocenters. The van der Waals surface area contributed by atoms with Gasteiger partial charge >= 0.3 is 6.03 Å². The molecule has 5 rings (SSSR count). The predicted octanol–water partition coefficient (Wildman–Crippen LogP) is 3.10. The molecule has 3 aliphatic rings. The molecule has 0 saturated carbocycles. The van der Waals surface area contributed by atoms with E-state index >= 15 is 0 Å². The highest BCUT2D eigenvalue weighted by atomic mass is 16.5. The molecule has 7 heteroatoms. The van der Waals surface area contributed by atoms with Crippen molar-refractivity contribution >= 4 is 23.4 Å². The van der Waals surface area contributed by atoms with Crippen molar-refractivity contribution in [2.24, 2.45) is 0 Å². The number of nitrogens with zero attached hydrogens (tertiary/aromatic N) is 2. The van der Waals surface area contributed by atoms with Crippen molar-refractivity contribution in [2.45, 2.75) is 31.2 Å². The van der Waals surface area contributed by atoms with Crippen LogP contribution in [-0.4, -0.2) is 42.8 Å². The number of anilines is 1. The van der Waals surface area contributed by atoms with Crippen LogP contribution >= 0.6 is 0 Å². The van der Waals surface area contributed by atoms with Crippen LogP contribution < -0.4 is 15.0 Å². The molecule has 0 bridgehead atoms. The van der Waals surface area contributed by atoms with E-state index in [0.29, 0.717) is 24.3 Å². The summed E-state index contributed by atoms with van der Waals surface area (Å²) in [7, 11) is 1.92. The number of urea groups is 1. The number of carbonyl (C=O) groups is 3. The summed E-state index contributed by atoms with van der Waals surface area (Å²) in [5.74, 6) is -0.129. The number of allylic oxidation sites excluding steroid dienone is 1. The Balaban J connectivity index is 1.42. The number of para-hydroxylation sites is 2. The van der Waals surface area contributed by atoms with Gasteiger partial charge in [-0.3, -0.25) is 14.5 Å². The highest BCUT2D eigenvalue weighted by Crippen LogP contribution is 2.46. The summed E-state index contributed by atoms with van der Waals surface area (Å²) in [6.07, 6.45) is 1.88. The lowest BCUT2D eigenvalue weighted by Crippen LogP contribution is -2.47. The lowest BCUT2D eigenvalue weighted by atomic mass is 9.83.